The maximum Gasteiger partial charge on any atom is 0.167 e. The Labute approximate surface area is 116 Å². The lowest BCUT2D eigenvalue weighted by atomic mass is 10.2. The highest BCUT2D eigenvalue weighted by molar-refractivity contribution is 5.83. The summed E-state index contributed by atoms with van der Waals surface area (Å²) in [6.07, 6.45) is 1.97. The third-order valence-corrected chi connectivity index (χ3v) is 3.31. The molecule has 0 saturated carbocycles. The van der Waals surface area contributed by atoms with Crippen LogP contribution in [0.1, 0.15) is 5.56 Å². The smallest absolute Gasteiger partial charge is 0.167 e. The number of nitrogens with one attached hydrogen (secondary N) is 2. The van der Waals surface area contributed by atoms with Crippen molar-refractivity contribution in [2.24, 2.45) is 0 Å². The predicted molar refractivity (Wildman–Crippen MR) is 78.6 cm³/mol. The molecule has 0 bridgehead atoms. The monoisotopic (exact) mass is 270 g/mol. The zero-order valence-electron chi connectivity index (χ0n) is 11.1. The van der Waals surface area contributed by atoms with E-state index in [4.69, 9.17) is 4.74 Å². The molecule has 3 aromatic rings. The Bertz CT molecular complexity index is 736. The number of fused-ring (bicyclic) bond motifs is 1. The van der Waals surface area contributed by atoms with E-state index < -0.39 is 0 Å². The van der Waals surface area contributed by atoms with Gasteiger partial charge >= 0.3 is 0 Å². The Morgan fingerprint density at radius 3 is 2.85 bits per heavy atom. The summed E-state index contributed by atoms with van der Waals surface area (Å²) in [6, 6.07) is 13.0. The molecule has 4 heteroatoms. The number of H-pyrrole nitrogens is 1. The van der Waals surface area contributed by atoms with Crippen molar-refractivity contribution in [3.05, 3.63) is 60.0 Å². The maximum atomic E-state index is 13.6. The molecule has 1 aromatic heterocycles. The number of anilines is 1. The molecule has 0 spiro atoms. The third-order valence-electron chi connectivity index (χ3n) is 3.31. The van der Waals surface area contributed by atoms with Crippen LogP contribution in [0.5, 0.6) is 5.75 Å². The lowest BCUT2D eigenvalue weighted by Crippen LogP contribution is -1.99. The van der Waals surface area contributed by atoms with Gasteiger partial charge in [0.1, 0.15) is 0 Å². The van der Waals surface area contributed by atoms with Gasteiger partial charge in [-0.15, -0.1) is 0 Å². The lowest BCUT2D eigenvalue weighted by Gasteiger charge is -2.08. The molecule has 0 radical (unpaired) electrons. The van der Waals surface area contributed by atoms with Crippen molar-refractivity contribution in [2.45, 2.75) is 6.54 Å². The van der Waals surface area contributed by atoms with Crippen LogP contribution < -0.4 is 10.1 Å². The second-order valence-corrected chi connectivity index (χ2v) is 4.56. The number of benzene rings is 2. The summed E-state index contributed by atoms with van der Waals surface area (Å²) in [5, 5.41) is 4.39. The van der Waals surface area contributed by atoms with E-state index in [1.807, 2.05) is 24.4 Å². The molecule has 0 aliphatic heterocycles. The number of hydrogen-bond acceptors (Lipinski definition) is 2. The number of methoxy groups -OCH3 is 1. The molecule has 0 unspecified atom stereocenters. The molecule has 3 rings (SSSR count). The Hall–Kier alpha value is -2.49. The van der Waals surface area contributed by atoms with Gasteiger partial charge in [-0.1, -0.05) is 18.2 Å². The minimum absolute atomic E-state index is 0.252. The molecule has 0 amide bonds. The first-order chi connectivity index (χ1) is 9.78. The lowest BCUT2D eigenvalue weighted by molar-refractivity contribution is 0.386. The van der Waals surface area contributed by atoms with Gasteiger partial charge in [0.2, 0.25) is 0 Å². The number of aromatic nitrogens is 1. The summed E-state index contributed by atoms with van der Waals surface area (Å²) >= 11 is 0. The Kier molecular flexibility index (Phi) is 3.29. The van der Waals surface area contributed by atoms with Crippen LogP contribution in [0.3, 0.4) is 0 Å². The van der Waals surface area contributed by atoms with Gasteiger partial charge in [0, 0.05) is 35.4 Å². The van der Waals surface area contributed by atoms with Gasteiger partial charge in [0.15, 0.2) is 11.6 Å². The fourth-order valence-corrected chi connectivity index (χ4v) is 2.25. The zero-order valence-corrected chi connectivity index (χ0v) is 11.1. The molecule has 0 atom stereocenters. The van der Waals surface area contributed by atoms with Crippen LogP contribution in [0.25, 0.3) is 10.9 Å². The van der Waals surface area contributed by atoms with Crippen molar-refractivity contribution in [3.8, 4) is 5.75 Å². The highest BCUT2D eigenvalue weighted by atomic mass is 19.1. The summed E-state index contributed by atoms with van der Waals surface area (Å²) in [7, 11) is 1.46. The van der Waals surface area contributed by atoms with Crippen molar-refractivity contribution in [3.63, 3.8) is 0 Å². The van der Waals surface area contributed by atoms with Gasteiger partial charge in [0.25, 0.3) is 0 Å². The fraction of sp³-hybridized carbons (Fsp3) is 0.125. The first kappa shape index (κ1) is 12.5. The van der Waals surface area contributed by atoms with Crippen LogP contribution >= 0.6 is 0 Å². The molecule has 0 aliphatic carbocycles. The molecule has 2 N–H and O–H groups in total. The highest BCUT2D eigenvalue weighted by Crippen LogP contribution is 2.22. The number of rotatable bonds is 4. The summed E-state index contributed by atoms with van der Waals surface area (Å²) in [6.45, 7) is 0.635. The molecule has 0 aliphatic rings. The predicted octanol–water partition coefficient (Wildman–Crippen LogP) is 3.93. The first-order valence-corrected chi connectivity index (χ1v) is 6.40. The van der Waals surface area contributed by atoms with Gasteiger partial charge in [-0.05, 0) is 23.8 Å². The molecule has 20 heavy (non-hydrogen) atoms. The molecule has 3 nitrogen and oxygen atoms in total. The normalized spacial score (nSPS) is 10.7. The SMILES string of the molecule is COc1ccc(NCc2c[nH]c3ccccc23)cc1F. The average molecular weight is 270 g/mol. The zero-order chi connectivity index (χ0) is 13.9. The van der Waals surface area contributed by atoms with Crippen LogP contribution in [0.15, 0.2) is 48.7 Å². The molecule has 2 aromatic carbocycles. The molecule has 0 saturated heterocycles. The van der Waals surface area contributed by atoms with E-state index in [0.29, 0.717) is 6.54 Å². The summed E-state index contributed by atoms with van der Waals surface area (Å²) in [5.41, 5.74) is 2.98. The topological polar surface area (TPSA) is 37.0 Å². The van der Waals surface area contributed by atoms with Crippen LogP contribution in [0.4, 0.5) is 10.1 Å². The van der Waals surface area contributed by atoms with E-state index in [1.54, 1.807) is 12.1 Å². The van der Waals surface area contributed by atoms with E-state index in [-0.39, 0.29) is 11.6 Å². The van der Waals surface area contributed by atoms with Crippen LogP contribution in [-0.4, -0.2) is 12.1 Å². The minimum atomic E-state index is -0.364. The summed E-state index contributed by atoms with van der Waals surface area (Å²) in [4.78, 5) is 3.22. The maximum absolute atomic E-state index is 13.6. The number of aromatic amines is 1. The molecular weight excluding hydrogens is 255 g/mol. The minimum Gasteiger partial charge on any atom is -0.494 e. The highest BCUT2D eigenvalue weighted by Gasteiger charge is 2.05. The average Bonchev–Trinajstić information content (AvgIpc) is 2.88. The first-order valence-electron chi connectivity index (χ1n) is 6.40. The molecule has 0 fully saturated rings. The van der Waals surface area contributed by atoms with Gasteiger partial charge in [-0.25, -0.2) is 4.39 Å². The van der Waals surface area contributed by atoms with E-state index in [1.165, 1.54) is 18.6 Å². The standard InChI is InChI=1S/C16H15FN2O/c1-20-16-7-6-12(8-14(16)17)18-9-11-10-19-15-5-3-2-4-13(11)15/h2-8,10,18-19H,9H2,1H3. The molecule has 102 valence electrons. The van der Waals surface area contributed by atoms with Crippen LogP contribution in [0, 0.1) is 5.82 Å². The molecular formula is C16H15FN2O. The quantitative estimate of drug-likeness (QED) is 0.753. The number of hydrogen-bond donors (Lipinski definition) is 2. The van der Waals surface area contributed by atoms with Gasteiger partial charge < -0.3 is 15.0 Å². The number of halogens is 1. The third kappa shape index (κ3) is 2.32. The van der Waals surface area contributed by atoms with E-state index in [2.05, 4.69) is 16.4 Å². The largest absolute Gasteiger partial charge is 0.494 e. The van der Waals surface area contributed by atoms with E-state index >= 15 is 0 Å². The molecule has 1 heterocycles. The van der Waals surface area contributed by atoms with E-state index in [0.717, 1.165) is 16.8 Å². The Balaban J connectivity index is 1.78. The Morgan fingerprint density at radius 2 is 2.05 bits per heavy atom. The summed E-state index contributed by atoms with van der Waals surface area (Å²) in [5.74, 6) is -0.112. The van der Waals surface area contributed by atoms with Gasteiger partial charge in [-0.2, -0.15) is 0 Å². The second-order valence-electron chi connectivity index (χ2n) is 4.56. The van der Waals surface area contributed by atoms with Crippen LogP contribution in [-0.2, 0) is 6.54 Å². The summed E-state index contributed by atoms with van der Waals surface area (Å²) < 4.78 is 18.5. The second kappa shape index (κ2) is 5.25. The van der Waals surface area contributed by atoms with Crippen molar-refractivity contribution in [1.82, 2.24) is 4.98 Å². The van der Waals surface area contributed by atoms with Crippen molar-refractivity contribution in [2.75, 3.05) is 12.4 Å². The number of ether oxygens (including phenoxy) is 1. The number of para-hydroxylation sites is 1. The van der Waals surface area contributed by atoms with Gasteiger partial charge in [0.05, 0.1) is 7.11 Å². The fourth-order valence-electron chi connectivity index (χ4n) is 2.25. The van der Waals surface area contributed by atoms with E-state index in [9.17, 15) is 4.39 Å². The van der Waals surface area contributed by atoms with Crippen molar-refractivity contribution in [1.29, 1.82) is 0 Å². The Morgan fingerprint density at radius 1 is 1.20 bits per heavy atom. The van der Waals surface area contributed by atoms with Crippen molar-refractivity contribution < 1.29 is 9.13 Å². The van der Waals surface area contributed by atoms with Crippen LogP contribution in [0.2, 0.25) is 0 Å². The van der Waals surface area contributed by atoms with Gasteiger partial charge in [-0.3, -0.25) is 0 Å². The van der Waals surface area contributed by atoms with Crippen molar-refractivity contribution >= 4 is 16.6 Å².